The van der Waals surface area contributed by atoms with Gasteiger partial charge in [0.1, 0.15) is 6.54 Å². The number of urea groups is 1. The maximum Gasteiger partial charge on any atom is 0.332 e. The molecule has 1 aliphatic rings. The fourth-order valence-corrected chi connectivity index (χ4v) is 2.87. The average Bonchev–Trinajstić information content (AvgIpc) is 2.84. The van der Waals surface area contributed by atoms with Crippen molar-refractivity contribution < 1.29 is 14.5 Å². The second kappa shape index (κ2) is 6.52. The number of nitrogens with zero attached hydrogens (tertiary/aromatic N) is 3. The van der Waals surface area contributed by atoms with E-state index >= 15 is 0 Å². The van der Waals surface area contributed by atoms with Crippen LogP contribution in [0.4, 0.5) is 16.2 Å². The third-order valence-electron chi connectivity index (χ3n) is 3.91. The zero-order valence-corrected chi connectivity index (χ0v) is 14.1. The van der Waals surface area contributed by atoms with Crippen LogP contribution in [0, 0.1) is 17.0 Å². The van der Waals surface area contributed by atoms with Gasteiger partial charge in [0.25, 0.3) is 11.6 Å². The van der Waals surface area contributed by atoms with Gasteiger partial charge in [0, 0.05) is 18.7 Å². The largest absolute Gasteiger partial charge is 0.332 e. The fourth-order valence-electron chi connectivity index (χ4n) is 2.62. The molecule has 128 valence electrons. The molecule has 0 spiro atoms. The van der Waals surface area contributed by atoms with Gasteiger partial charge in [-0.2, -0.15) is 0 Å². The Labute approximate surface area is 148 Å². The highest BCUT2D eigenvalue weighted by Crippen LogP contribution is 2.32. The van der Waals surface area contributed by atoms with Crippen molar-refractivity contribution >= 4 is 34.9 Å². The van der Waals surface area contributed by atoms with Crippen LogP contribution in [0.2, 0.25) is 5.02 Å². The molecule has 0 saturated carbocycles. The number of benzene rings is 2. The molecule has 1 aliphatic heterocycles. The number of rotatable bonds is 4. The molecule has 0 bridgehead atoms. The van der Waals surface area contributed by atoms with Gasteiger partial charge in [-0.05, 0) is 18.6 Å². The van der Waals surface area contributed by atoms with E-state index in [1.54, 1.807) is 0 Å². The molecular weight excluding hydrogens is 346 g/mol. The lowest BCUT2D eigenvalue weighted by atomic mass is 10.1. The first-order chi connectivity index (χ1) is 11.9. The topological polar surface area (TPSA) is 83.8 Å². The number of hydrogen-bond donors (Lipinski definition) is 0. The van der Waals surface area contributed by atoms with E-state index in [9.17, 15) is 19.7 Å². The van der Waals surface area contributed by atoms with E-state index in [4.69, 9.17) is 11.6 Å². The van der Waals surface area contributed by atoms with Crippen molar-refractivity contribution in [1.82, 2.24) is 4.90 Å². The first-order valence-electron chi connectivity index (χ1n) is 7.48. The highest BCUT2D eigenvalue weighted by Gasteiger charge is 2.38. The van der Waals surface area contributed by atoms with Crippen molar-refractivity contribution in [3.8, 4) is 0 Å². The third-order valence-corrected chi connectivity index (χ3v) is 4.22. The molecule has 3 amide bonds. The Balaban J connectivity index is 1.84. The van der Waals surface area contributed by atoms with Crippen molar-refractivity contribution in [3.05, 3.63) is 68.7 Å². The molecular formula is C17H14ClN3O4. The van der Waals surface area contributed by atoms with Gasteiger partial charge >= 0.3 is 6.03 Å². The van der Waals surface area contributed by atoms with Gasteiger partial charge in [0.2, 0.25) is 0 Å². The number of nitro benzene ring substituents is 1. The molecule has 0 atom stereocenters. The summed E-state index contributed by atoms with van der Waals surface area (Å²) in [5, 5.41) is 10.8. The fraction of sp³-hybridized carbons (Fsp3) is 0.176. The van der Waals surface area contributed by atoms with Crippen LogP contribution in [0.3, 0.4) is 0 Å². The zero-order valence-electron chi connectivity index (χ0n) is 13.3. The monoisotopic (exact) mass is 359 g/mol. The van der Waals surface area contributed by atoms with Crippen LogP contribution in [-0.4, -0.2) is 28.3 Å². The number of anilines is 1. The summed E-state index contributed by atoms with van der Waals surface area (Å²) in [5.41, 5.74) is 1.95. The van der Waals surface area contributed by atoms with Gasteiger partial charge in [-0.3, -0.25) is 14.9 Å². The number of carbonyl (C=O) groups excluding carboxylic acids is 2. The number of aryl methyl sites for hydroxylation is 1. The molecule has 25 heavy (non-hydrogen) atoms. The second-order valence-corrected chi connectivity index (χ2v) is 6.15. The van der Waals surface area contributed by atoms with Crippen LogP contribution in [0.25, 0.3) is 0 Å². The van der Waals surface area contributed by atoms with E-state index in [-0.39, 0.29) is 22.9 Å². The zero-order chi connectivity index (χ0) is 18.1. The lowest BCUT2D eigenvalue weighted by Gasteiger charge is -2.18. The van der Waals surface area contributed by atoms with Crippen molar-refractivity contribution in [2.75, 3.05) is 11.4 Å². The lowest BCUT2D eigenvalue weighted by molar-refractivity contribution is -0.384. The van der Waals surface area contributed by atoms with E-state index in [1.807, 2.05) is 31.2 Å². The highest BCUT2D eigenvalue weighted by atomic mass is 35.5. The van der Waals surface area contributed by atoms with Crippen molar-refractivity contribution in [3.63, 3.8) is 0 Å². The van der Waals surface area contributed by atoms with Gasteiger partial charge in [-0.1, -0.05) is 41.4 Å². The van der Waals surface area contributed by atoms with Crippen LogP contribution >= 0.6 is 11.6 Å². The molecule has 1 heterocycles. The van der Waals surface area contributed by atoms with Crippen LogP contribution < -0.4 is 4.90 Å². The van der Waals surface area contributed by atoms with Crippen LogP contribution in [0.1, 0.15) is 11.1 Å². The molecule has 0 aliphatic carbocycles. The minimum atomic E-state index is -0.590. The maximum absolute atomic E-state index is 12.6. The van der Waals surface area contributed by atoms with Crippen LogP contribution in [0.15, 0.2) is 42.5 Å². The van der Waals surface area contributed by atoms with Crippen molar-refractivity contribution in [2.24, 2.45) is 0 Å². The number of carbonyl (C=O) groups is 2. The smallest absolute Gasteiger partial charge is 0.310 e. The lowest BCUT2D eigenvalue weighted by Crippen LogP contribution is -2.33. The molecule has 2 aromatic carbocycles. The molecule has 0 radical (unpaired) electrons. The quantitative estimate of drug-likeness (QED) is 0.475. The summed E-state index contributed by atoms with van der Waals surface area (Å²) < 4.78 is 0. The van der Waals surface area contributed by atoms with E-state index in [2.05, 4.69) is 0 Å². The summed E-state index contributed by atoms with van der Waals surface area (Å²) in [6.45, 7) is 2.19. The Kier molecular flexibility index (Phi) is 4.41. The van der Waals surface area contributed by atoms with Crippen LogP contribution in [0.5, 0.6) is 0 Å². The van der Waals surface area contributed by atoms with Crippen molar-refractivity contribution in [2.45, 2.75) is 13.5 Å². The van der Waals surface area contributed by atoms with Crippen LogP contribution in [-0.2, 0) is 11.3 Å². The van der Waals surface area contributed by atoms with E-state index < -0.39 is 16.9 Å². The molecule has 8 heteroatoms. The molecule has 1 fully saturated rings. The second-order valence-electron chi connectivity index (χ2n) is 5.75. The van der Waals surface area contributed by atoms with Gasteiger partial charge in [0.05, 0.1) is 15.6 Å². The van der Waals surface area contributed by atoms with Gasteiger partial charge in [-0.15, -0.1) is 0 Å². The van der Waals surface area contributed by atoms with Gasteiger partial charge in [-0.25, -0.2) is 9.69 Å². The molecule has 0 N–H and O–H groups in total. The van der Waals surface area contributed by atoms with Gasteiger partial charge < -0.3 is 4.90 Å². The predicted octanol–water partition coefficient (Wildman–Crippen LogP) is 3.53. The number of hydrogen-bond acceptors (Lipinski definition) is 4. The number of amides is 3. The molecule has 7 nitrogen and oxygen atoms in total. The standard InChI is InChI=1S/C17H14ClN3O4/c1-11-2-4-12(5-3-11)9-19-10-16(22)20(17(19)23)15-7-6-13(21(24)25)8-14(15)18/h2-8H,9-10H2,1H3. The average molecular weight is 360 g/mol. The SMILES string of the molecule is Cc1ccc(CN2CC(=O)N(c3ccc([N+](=O)[O-])cc3Cl)C2=O)cc1. The van der Waals surface area contributed by atoms with Gasteiger partial charge in [0.15, 0.2) is 0 Å². The molecule has 2 aromatic rings. The molecule has 0 aromatic heterocycles. The number of non-ortho nitro benzene ring substituents is 1. The Morgan fingerprint density at radius 2 is 1.84 bits per heavy atom. The summed E-state index contributed by atoms with van der Waals surface area (Å²) in [7, 11) is 0. The number of nitro groups is 1. The highest BCUT2D eigenvalue weighted by molar-refractivity contribution is 6.35. The minimum Gasteiger partial charge on any atom is -0.310 e. The maximum atomic E-state index is 12.6. The van der Waals surface area contributed by atoms with Crippen molar-refractivity contribution in [1.29, 1.82) is 0 Å². The Bertz CT molecular complexity index is 867. The first kappa shape index (κ1) is 16.9. The Morgan fingerprint density at radius 1 is 1.16 bits per heavy atom. The predicted molar refractivity (Wildman–Crippen MR) is 92.6 cm³/mol. The van der Waals surface area contributed by atoms with E-state index in [1.165, 1.54) is 17.0 Å². The van der Waals surface area contributed by atoms with E-state index in [0.29, 0.717) is 6.54 Å². The summed E-state index contributed by atoms with van der Waals surface area (Å²) >= 11 is 6.04. The Hall–Kier alpha value is -2.93. The molecule has 0 unspecified atom stereocenters. The number of imide groups is 1. The first-order valence-corrected chi connectivity index (χ1v) is 7.86. The summed E-state index contributed by atoms with van der Waals surface area (Å²) in [6.07, 6.45) is 0. The summed E-state index contributed by atoms with van der Waals surface area (Å²) in [5.74, 6) is -0.423. The normalized spacial score (nSPS) is 14.3. The number of halogens is 1. The summed E-state index contributed by atoms with van der Waals surface area (Å²) in [4.78, 5) is 37.4. The molecule has 1 saturated heterocycles. The van der Waals surface area contributed by atoms with E-state index in [0.717, 1.165) is 22.1 Å². The minimum absolute atomic E-state index is 0.0203. The summed E-state index contributed by atoms with van der Waals surface area (Å²) in [6, 6.07) is 10.8. The Morgan fingerprint density at radius 3 is 2.44 bits per heavy atom. The molecule has 3 rings (SSSR count). The third kappa shape index (κ3) is 3.32.